The van der Waals surface area contributed by atoms with Crippen molar-refractivity contribution in [2.24, 2.45) is 0 Å². The van der Waals surface area contributed by atoms with E-state index in [0.29, 0.717) is 21.4 Å². The van der Waals surface area contributed by atoms with E-state index in [-0.39, 0.29) is 12.4 Å². The van der Waals surface area contributed by atoms with Gasteiger partial charge < -0.3 is 17.0 Å². The summed E-state index contributed by atoms with van der Waals surface area (Å²) in [6.07, 6.45) is 1.87. The summed E-state index contributed by atoms with van der Waals surface area (Å²) >= 11 is 13.2. The summed E-state index contributed by atoms with van der Waals surface area (Å²) in [5, 5.41) is 10.8. The van der Waals surface area contributed by atoms with Gasteiger partial charge in [-0.3, -0.25) is 5.41 Å². The van der Waals surface area contributed by atoms with Crippen LogP contribution in [-0.2, 0) is 6.54 Å². The van der Waals surface area contributed by atoms with Crippen molar-refractivity contribution in [3.63, 3.8) is 0 Å². The zero-order valence-corrected chi connectivity index (χ0v) is 11.2. The molecule has 1 aromatic heterocycles. The van der Waals surface area contributed by atoms with Gasteiger partial charge in [0, 0.05) is 21.6 Å². The average Bonchev–Trinajstić information content (AvgIpc) is 2.57. The van der Waals surface area contributed by atoms with Gasteiger partial charge in [0.05, 0.1) is 6.54 Å². The number of nitrogens with one attached hydrogen (secondary N) is 1. The van der Waals surface area contributed by atoms with E-state index in [9.17, 15) is 0 Å². The monoisotopic (exact) mass is 293 g/mol. The van der Waals surface area contributed by atoms with Crippen molar-refractivity contribution in [2.75, 3.05) is 0 Å². The lowest BCUT2D eigenvalue weighted by Gasteiger charge is -2.05. The average molecular weight is 295 g/mol. The van der Waals surface area contributed by atoms with E-state index in [1.165, 1.54) is 11.3 Å². The van der Waals surface area contributed by atoms with Gasteiger partial charge in [0.1, 0.15) is 0 Å². The molecule has 0 saturated carbocycles. The van der Waals surface area contributed by atoms with E-state index < -0.39 is 0 Å². The van der Waals surface area contributed by atoms with E-state index in [1.807, 2.05) is 22.2 Å². The first-order valence-corrected chi connectivity index (χ1v) is 5.93. The van der Waals surface area contributed by atoms with Gasteiger partial charge in [-0.15, -0.1) is 11.3 Å². The first-order chi connectivity index (χ1) is 7.16. The molecule has 6 heteroatoms. The van der Waals surface area contributed by atoms with E-state index in [1.54, 1.807) is 12.1 Å². The molecule has 1 heterocycles. The molecule has 1 aromatic carbocycles. The van der Waals surface area contributed by atoms with Crippen LogP contribution in [0.25, 0.3) is 0 Å². The Bertz CT molecular complexity index is 533. The molecule has 2 nitrogen and oxygen atoms in total. The fourth-order valence-corrected chi connectivity index (χ4v) is 2.33. The van der Waals surface area contributed by atoms with Gasteiger partial charge in [-0.1, -0.05) is 29.3 Å². The van der Waals surface area contributed by atoms with Crippen LogP contribution >= 0.6 is 34.5 Å². The second-order valence-electron chi connectivity index (χ2n) is 3.07. The smallest absolute Gasteiger partial charge is 0.182 e. The highest BCUT2D eigenvalue weighted by atomic mass is 35.5. The lowest BCUT2D eigenvalue weighted by atomic mass is 10.2. The molecule has 0 fully saturated rings. The molecule has 2 rings (SSSR count). The Hall–Kier alpha value is -0.480. The molecule has 0 aliphatic carbocycles. The van der Waals surface area contributed by atoms with Crippen molar-refractivity contribution in [3.05, 3.63) is 50.2 Å². The highest BCUT2D eigenvalue weighted by Gasteiger charge is 2.02. The summed E-state index contributed by atoms with van der Waals surface area (Å²) in [4.78, 5) is 0.515. The van der Waals surface area contributed by atoms with Crippen LogP contribution in [0, 0.1) is 5.41 Å². The fourth-order valence-electron chi connectivity index (χ4n) is 1.26. The molecule has 2 aromatic rings. The largest absolute Gasteiger partial charge is 1.00 e. The molecule has 0 aliphatic heterocycles. The van der Waals surface area contributed by atoms with Gasteiger partial charge in [-0.2, -0.15) is 0 Å². The topological polar surface area (TPSA) is 28.8 Å². The Morgan fingerprint density at radius 1 is 1.31 bits per heavy atom. The third kappa shape index (κ3) is 3.01. The lowest BCUT2D eigenvalue weighted by molar-refractivity contribution is -0.00000301. The van der Waals surface area contributed by atoms with Gasteiger partial charge in [0.15, 0.2) is 4.80 Å². The Morgan fingerprint density at radius 2 is 2.06 bits per heavy atom. The first-order valence-electron chi connectivity index (χ1n) is 4.29. The van der Waals surface area contributed by atoms with E-state index in [4.69, 9.17) is 28.6 Å². The van der Waals surface area contributed by atoms with Gasteiger partial charge in [-0.05, 0) is 17.7 Å². The van der Waals surface area contributed by atoms with Crippen LogP contribution in [0.5, 0.6) is 0 Å². The van der Waals surface area contributed by atoms with Crippen LogP contribution in [0.2, 0.25) is 10.0 Å². The minimum atomic E-state index is 0. The summed E-state index contributed by atoms with van der Waals surface area (Å²) in [5.41, 5.74) is 0.970. The predicted molar refractivity (Wildman–Crippen MR) is 63.7 cm³/mol. The van der Waals surface area contributed by atoms with Crippen LogP contribution in [0.3, 0.4) is 0 Å². The molecular weight excluding hydrogens is 287 g/mol. The number of benzene rings is 1. The minimum Gasteiger partial charge on any atom is -1.00 e. The molecule has 0 unspecified atom stereocenters. The third-order valence-corrected chi connectivity index (χ3v) is 3.34. The zero-order chi connectivity index (χ0) is 10.8. The number of aromatic nitrogens is 1. The summed E-state index contributed by atoms with van der Waals surface area (Å²) in [6, 6.07) is 5.41. The van der Waals surface area contributed by atoms with Gasteiger partial charge in [0.25, 0.3) is 0 Å². The van der Waals surface area contributed by atoms with Crippen molar-refractivity contribution in [1.82, 2.24) is 4.57 Å². The molecule has 0 atom stereocenters. The van der Waals surface area contributed by atoms with E-state index >= 15 is 0 Å². The minimum absolute atomic E-state index is 0. The van der Waals surface area contributed by atoms with Crippen molar-refractivity contribution in [3.8, 4) is 0 Å². The highest BCUT2D eigenvalue weighted by Crippen LogP contribution is 2.21. The predicted octanol–water partition coefficient (Wildman–Crippen LogP) is 0.388. The van der Waals surface area contributed by atoms with E-state index in [0.717, 1.165) is 5.56 Å². The molecule has 0 saturated heterocycles. The van der Waals surface area contributed by atoms with Crippen molar-refractivity contribution in [1.29, 1.82) is 5.41 Å². The maximum Gasteiger partial charge on any atom is 0.182 e. The summed E-state index contributed by atoms with van der Waals surface area (Å²) in [7, 11) is 0. The van der Waals surface area contributed by atoms with Crippen molar-refractivity contribution in [2.45, 2.75) is 6.54 Å². The van der Waals surface area contributed by atoms with Crippen LogP contribution < -0.4 is 17.2 Å². The van der Waals surface area contributed by atoms with Crippen molar-refractivity contribution < 1.29 is 12.4 Å². The molecule has 1 N–H and O–H groups in total. The molecule has 0 amide bonds. The van der Waals surface area contributed by atoms with Crippen molar-refractivity contribution >= 4 is 34.5 Å². The Kier molecular flexibility index (Phi) is 4.87. The lowest BCUT2D eigenvalue weighted by Crippen LogP contribution is -3.00. The first kappa shape index (κ1) is 13.6. The maximum atomic E-state index is 7.63. The molecular formula is C10H8Cl3N2S-. The number of hydrogen-bond donors (Lipinski definition) is 1. The van der Waals surface area contributed by atoms with E-state index in [2.05, 4.69) is 0 Å². The van der Waals surface area contributed by atoms with Gasteiger partial charge in [0.2, 0.25) is 0 Å². The number of nitrogens with zero attached hydrogens (tertiary/aromatic N) is 1. The quantitative estimate of drug-likeness (QED) is 0.830. The summed E-state index contributed by atoms with van der Waals surface area (Å²) in [6.45, 7) is 0.609. The molecule has 0 spiro atoms. The fraction of sp³-hybridized carbons (Fsp3) is 0.100. The number of thiazole rings is 1. The van der Waals surface area contributed by atoms with Crippen LogP contribution in [0.15, 0.2) is 29.8 Å². The highest BCUT2D eigenvalue weighted by molar-refractivity contribution is 7.06. The molecule has 0 radical (unpaired) electrons. The van der Waals surface area contributed by atoms with Crippen LogP contribution in [0.1, 0.15) is 5.56 Å². The molecule has 86 valence electrons. The molecule has 16 heavy (non-hydrogen) atoms. The Morgan fingerprint density at radius 3 is 2.62 bits per heavy atom. The van der Waals surface area contributed by atoms with Gasteiger partial charge in [-0.25, -0.2) is 0 Å². The normalized spacial score (nSPS) is 9.88. The second-order valence-corrected chi connectivity index (χ2v) is 4.81. The number of rotatable bonds is 2. The zero-order valence-electron chi connectivity index (χ0n) is 8.08. The summed E-state index contributed by atoms with van der Waals surface area (Å²) in [5.74, 6) is 0. The second kappa shape index (κ2) is 5.73. The Balaban J connectivity index is 0.00000128. The Labute approximate surface area is 113 Å². The van der Waals surface area contributed by atoms with Gasteiger partial charge >= 0.3 is 0 Å². The standard InChI is InChI=1S/C10H8Cl2N2S.ClH/c11-8-2-1-7(9(12)5-8)6-14-3-4-15-10(14)13;/h1-5,13H,6H2;1H/p-1. The number of hydrogen-bond acceptors (Lipinski definition) is 2. The SMILES string of the molecule is N=c1sccn1Cc1ccc(Cl)cc1Cl.[Cl-]. The molecule has 0 aliphatic rings. The van der Waals surface area contributed by atoms with Crippen LogP contribution in [0.4, 0.5) is 0 Å². The number of halogens is 3. The van der Waals surface area contributed by atoms with Crippen LogP contribution in [-0.4, -0.2) is 4.57 Å². The maximum absolute atomic E-state index is 7.63. The summed E-state index contributed by atoms with van der Waals surface area (Å²) < 4.78 is 1.83. The third-order valence-electron chi connectivity index (χ3n) is 2.04. The molecule has 0 bridgehead atoms.